The van der Waals surface area contributed by atoms with Crippen molar-refractivity contribution in [1.29, 1.82) is 0 Å². The maximum atomic E-state index is 7.15. The van der Waals surface area contributed by atoms with Gasteiger partial charge in [-0.2, -0.15) is 12.1 Å². The third kappa shape index (κ3) is 6.59. The van der Waals surface area contributed by atoms with E-state index < -0.39 is 0 Å². The van der Waals surface area contributed by atoms with Crippen LogP contribution >= 0.6 is 0 Å². The van der Waals surface area contributed by atoms with E-state index in [9.17, 15) is 0 Å². The van der Waals surface area contributed by atoms with E-state index in [1.807, 2.05) is 29.0 Å². The fraction of sp³-hybridized carbons (Fsp3) is 0. The van der Waals surface area contributed by atoms with Gasteiger partial charge in [0.05, 0.1) is 11.4 Å². The normalized spacial score (nSPS) is 11.8. The van der Waals surface area contributed by atoms with Crippen LogP contribution in [0.15, 0.2) is 225 Å². The van der Waals surface area contributed by atoms with Crippen LogP contribution in [0, 0.1) is 18.5 Å². The summed E-state index contributed by atoms with van der Waals surface area (Å²) in [6.07, 6.45) is 7.75. The van der Waals surface area contributed by atoms with Crippen LogP contribution < -0.4 is 9.30 Å². The molecule has 0 N–H and O–H groups in total. The molecular weight excluding hydrogens is 1030 g/mol. The number of pyridine rings is 1. The van der Waals surface area contributed by atoms with Gasteiger partial charge in [-0.05, 0) is 80.5 Å². The Hall–Kier alpha value is -8.57. The van der Waals surface area contributed by atoms with Crippen LogP contribution in [0.5, 0.6) is 11.5 Å². The van der Waals surface area contributed by atoms with E-state index in [2.05, 4.69) is 232 Å². The zero-order valence-electron chi connectivity index (χ0n) is 36.8. The van der Waals surface area contributed by atoms with E-state index in [1.165, 1.54) is 0 Å². The number of benzene rings is 9. The minimum Gasteiger partial charge on any atom is -0.508 e. The van der Waals surface area contributed by atoms with Crippen LogP contribution in [0.2, 0.25) is 0 Å². The van der Waals surface area contributed by atoms with Gasteiger partial charge in [-0.1, -0.05) is 169 Å². The maximum Gasteiger partial charge on any atom is 0.267 e. The number of ether oxygens (including phenoxy) is 1. The number of nitrogens with zero attached hydrogens (tertiary/aromatic N) is 5. The van der Waals surface area contributed by atoms with Crippen molar-refractivity contribution in [3.63, 3.8) is 0 Å². The number of hydrogen-bond acceptors (Lipinski definition) is 2. The Morgan fingerprint density at radius 1 is 0.464 bits per heavy atom. The molecule has 14 rings (SSSR count). The molecule has 8 bridgehead atoms. The average molecular weight is 1060 g/mol. The van der Waals surface area contributed by atoms with Gasteiger partial charge in [-0.15, -0.1) is 24.3 Å². The van der Waals surface area contributed by atoms with Gasteiger partial charge >= 0.3 is 0 Å². The predicted molar refractivity (Wildman–Crippen MR) is 272 cm³/mol. The fourth-order valence-corrected chi connectivity index (χ4v) is 10.3. The first-order chi connectivity index (χ1) is 33.7. The molecule has 1 aliphatic rings. The number of para-hydroxylation sites is 3. The monoisotopic (exact) mass is 1060 g/mol. The molecule has 1 aliphatic heterocycles. The molecule has 0 saturated carbocycles. The summed E-state index contributed by atoms with van der Waals surface area (Å²) in [4.78, 5) is 5.57. The Morgan fingerprint density at radius 3 is 1.91 bits per heavy atom. The van der Waals surface area contributed by atoms with Gasteiger partial charge in [0.2, 0.25) is 0 Å². The topological polar surface area (TPSA) is 40.8 Å². The van der Waals surface area contributed by atoms with E-state index in [4.69, 9.17) is 9.72 Å². The van der Waals surface area contributed by atoms with Gasteiger partial charge in [0.15, 0.2) is 0 Å². The quantitative estimate of drug-likeness (QED) is 0.131. The van der Waals surface area contributed by atoms with E-state index >= 15 is 0 Å². The largest absolute Gasteiger partial charge is 0.508 e. The number of rotatable bonds is 3. The van der Waals surface area contributed by atoms with Gasteiger partial charge < -0.3 is 18.4 Å². The van der Waals surface area contributed by atoms with Crippen molar-refractivity contribution in [1.82, 2.24) is 18.7 Å². The SMILES string of the molecule is [Pt].[c-]1c2cccc1-n1[c-][n+](cc1)-c1c(-c3ccccc3)cccc1-c1ccccc1-c1cccc(n1)-n1c3[c-]c(c(-n4c5ccccc5c5ccccc54)cc3c3cc(-c4ccccc4)ccc31)O2. The molecule has 4 aromatic heterocycles. The van der Waals surface area contributed by atoms with E-state index in [0.29, 0.717) is 11.5 Å². The summed E-state index contributed by atoms with van der Waals surface area (Å²) < 4.78 is 15.8. The van der Waals surface area contributed by atoms with Crippen LogP contribution in [0.25, 0.3) is 111 Å². The summed E-state index contributed by atoms with van der Waals surface area (Å²) in [5, 5.41) is 4.42. The number of aromatic nitrogens is 5. The Kier molecular flexibility index (Phi) is 9.63. The number of fused-ring (bicyclic) bond motifs is 20. The zero-order chi connectivity index (χ0) is 44.7. The van der Waals surface area contributed by atoms with E-state index in [1.54, 1.807) is 0 Å². The molecular formula is C62H37N5OPt-2. The molecule has 0 atom stereocenters. The second-order valence-corrected chi connectivity index (χ2v) is 17.2. The summed E-state index contributed by atoms with van der Waals surface area (Å²) in [5.74, 6) is 1.87. The van der Waals surface area contributed by atoms with Gasteiger partial charge in [0.1, 0.15) is 5.82 Å². The summed E-state index contributed by atoms with van der Waals surface area (Å²) >= 11 is 0. The van der Waals surface area contributed by atoms with Gasteiger partial charge in [-0.25, -0.2) is 4.98 Å². The molecule has 0 fully saturated rings. The molecule has 0 amide bonds. The third-order valence-corrected chi connectivity index (χ3v) is 13.3. The molecule has 0 unspecified atom stereocenters. The summed E-state index contributed by atoms with van der Waals surface area (Å²) in [6, 6.07) is 82.2. The Morgan fingerprint density at radius 2 is 1.12 bits per heavy atom. The predicted octanol–water partition coefficient (Wildman–Crippen LogP) is 14.5. The minimum atomic E-state index is 0. The molecule has 0 radical (unpaired) electrons. The van der Waals surface area contributed by atoms with Crippen molar-refractivity contribution >= 4 is 43.6 Å². The van der Waals surface area contributed by atoms with Crippen molar-refractivity contribution in [2.24, 2.45) is 0 Å². The van der Waals surface area contributed by atoms with Crippen LogP contribution in [0.3, 0.4) is 0 Å². The molecule has 9 aromatic carbocycles. The summed E-state index contributed by atoms with van der Waals surface area (Å²) in [6.45, 7) is 0. The van der Waals surface area contributed by atoms with Crippen LogP contribution in [-0.2, 0) is 21.1 Å². The molecule has 0 spiro atoms. The minimum absolute atomic E-state index is 0. The molecule has 6 nitrogen and oxygen atoms in total. The fourth-order valence-electron chi connectivity index (χ4n) is 10.3. The molecule has 13 aromatic rings. The van der Waals surface area contributed by atoms with Gasteiger partial charge in [-0.3, -0.25) is 4.57 Å². The summed E-state index contributed by atoms with van der Waals surface area (Å²) in [5.41, 5.74) is 15.1. The molecule has 7 heteroatoms. The first-order valence-corrected chi connectivity index (χ1v) is 22.8. The van der Waals surface area contributed by atoms with Crippen molar-refractivity contribution in [3.05, 3.63) is 243 Å². The second-order valence-electron chi connectivity index (χ2n) is 17.2. The first-order valence-electron chi connectivity index (χ1n) is 22.8. The maximum absolute atomic E-state index is 7.15. The zero-order valence-corrected chi connectivity index (χ0v) is 39.1. The van der Waals surface area contributed by atoms with Gasteiger partial charge in [0.25, 0.3) is 6.33 Å². The Labute approximate surface area is 412 Å². The summed E-state index contributed by atoms with van der Waals surface area (Å²) in [7, 11) is 0. The van der Waals surface area contributed by atoms with Crippen molar-refractivity contribution in [2.45, 2.75) is 0 Å². The van der Waals surface area contributed by atoms with Crippen molar-refractivity contribution < 1.29 is 30.4 Å². The molecule has 69 heavy (non-hydrogen) atoms. The second kappa shape index (κ2) is 16.3. The number of hydrogen-bond donors (Lipinski definition) is 0. The van der Waals surface area contributed by atoms with Crippen LogP contribution in [0.1, 0.15) is 0 Å². The van der Waals surface area contributed by atoms with E-state index in [0.717, 1.165) is 111 Å². The standard InChI is InChI=1S/C62H37N5O.Pt/c1-3-16-41(17-4-1)43-32-33-57-52(36-43)53-38-59(66-55-29-11-9-24-49(55)50-25-10-12-30-56(50)66)60-39-58(53)67(57)61-31-15-28-54(63-61)48-23-8-7-22-47(48)51-27-14-26-46(42-18-5-2-6-19-42)62(51)65-35-34-64(40-65)44-20-13-21-45(37-44)68-60;/h1-36,38H;/q-2;. The molecule has 328 valence electrons. The average Bonchev–Trinajstić information content (AvgIpc) is 4.12. The Balaban J connectivity index is 0.00000469. The van der Waals surface area contributed by atoms with Crippen molar-refractivity contribution in [3.8, 4) is 79.0 Å². The van der Waals surface area contributed by atoms with Gasteiger partial charge in [0, 0.05) is 77.8 Å². The molecule has 0 saturated heterocycles. The van der Waals surface area contributed by atoms with Crippen LogP contribution in [-0.4, -0.2) is 18.7 Å². The Bertz CT molecular complexity index is 4080. The molecule has 5 heterocycles. The van der Waals surface area contributed by atoms with Crippen LogP contribution in [0.4, 0.5) is 0 Å². The number of imidazole rings is 1. The smallest absolute Gasteiger partial charge is 0.267 e. The molecule has 0 aliphatic carbocycles. The van der Waals surface area contributed by atoms with Crippen molar-refractivity contribution in [2.75, 3.05) is 0 Å². The first kappa shape index (κ1) is 40.7. The van der Waals surface area contributed by atoms with E-state index in [-0.39, 0.29) is 21.1 Å². The third-order valence-electron chi connectivity index (χ3n) is 13.3.